The van der Waals surface area contributed by atoms with Crippen molar-refractivity contribution in [1.29, 1.82) is 0 Å². The summed E-state index contributed by atoms with van der Waals surface area (Å²) in [6.45, 7) is 0. The highest BCUT2D eigenvalue weighted by Crippen LogP contribution is 2.29. The molecule has 6 rings (SSSR count). The van der Waals surface area contributed by atoms with Crippen molar-refractivity contribution in [2.75, 3.05) is 0 Å². The van der Waals surface area contributed by atoms with E-state index in [-0.39, 0.29) is 17.4 Å². The molecule has 0 unspecified atom stereocenters. The van der Waals surface area contributed by atoms with Gasteiger partial charge in [-0.2, -0.15) is 0 Å². The second-order valence-corrected chi connectivity index (χ2v) is 8.36. The van der Waals surface area contributed by atoms with E-state index in [0.29, 0.717) is 0 Å². The first-order chi connectivity index (χ1) is 15.2. The Morgan fingerprint density at radius 1 is 0.500 bits per heavy atom. The number of benzene rings is 1. The van der Waals surface area contributed by atoms with Crippen LogP contribution in [0.3, 0.4) is 0 Å². The number of hydrogen-bond acceptors (Lipinski definition) is 4. The molecule has 0 saturated heterocycles. The Hall–Kier alpha value is -3.17. The summed E-state index contributed by atoms with van der Waals surface area (Å²) >= 11 is 3.51. The van der Waals surface area contributed by atoms with E-state index >= 15 is 0 Å². The number of hydrogen-bond donors (Lipinski definition) is 0. The van der Waals surface area contributed by atoms with Gasteiger partial charge in [-0.3, -0.25) is 0 Å². The third kappa shape index (κ3) is 4.13. The van der Waals surface area contributed by atoms with E-state index in [1.165, 1.54) is 0 Å². The predicted molar refractivity (Wildman–Crippen MR) is 142 cm³/mol. The Balaban J connectivity index is 0.00000216. The minimum absolute atomic E-state index is 0. The lowest BCUT2D eigenvalue weighted by Gasteiger charge is -2.04. The quantitative estimate of drug-likeness (QED) is 0.511. The molecule has 0 spiro atoms. The van der Waals surface area contributed by atoms with Gasteiger partial charge in [0.1, 0.15) is 0 Å². The molecular weight excluding hydrogens is 475 g/mol. The van der Waals surface area contributed by atoms with Crippen LogP contribution in [0.2, 0.25) is 0 Å². The third-order valence-corrected chi connectivity index (χ3v) is 5.72. The van der Waals surface area contributed by atoms with E-state index in [0.717, 1.165) is 61.2 Å². The molecule has 0 amide bonds. The molecule has 4 nitrogen and oxygen atoms in total. The van der Waals surface area contributed by atoms with E-state index in [1.54, 1.807) is 0 Å². The summed E-state index contributed by atoms with van der Waals surface area (Å²) in [4.78, 5) is 19.0. The Morgan fingerprint density at radius 3 is 1.56 bits per heavy atom. The highest BCUT2D eigenvalue weighted by molar-refractivity contribution is 9.10. The molecular formula is C26H18AlBrN4. The maximum absolute atomic E-state index is 4.88. The number of aliphatic imine (C=N–C) groups is 4. The highest BCUT2D eigenvalue weighted by atomic mass is 79.9. The van der Waals surface area contributed by atoms with Crippen molar-refractivity contribution in [3.05, 3.63) is 124 Å². The molecule has 0 aromatic heterocycles. The summed E-state index contributed by atoms with van der Waals surface area (Å²) < 4.78 is 1.05. The van der Waals surface area contributed by atoms with Crippen LogP contribution in [-0.2, 0) is 0 Å². The van der Waals surface area contributed by atoms with Gasteiger partial charge in [0.2, 0.25) is 0 Å². The molecule has 6 heteroatoms. The topological polar surface area (TPSA) is 49.4 Å². The number of halogens is 1. The van der Waals surface area contributed by atoms with Gasteiger partial charge in [-0.05, 0) is 84.5 Å². The Kier molecular flexibility index (Phi) is 5.44. The lowest BCUT2D eigenvalue weighted by atomic mass is 10.0. The van der Waals surface area contributed by atoms with Crippen LogP contribution in [-0.4, -0.2) is 40.2 Å². The fourth-order valence-corrected chi connectivity index (χ4v) is 4.02. The molecule has 0 N–H and O–H groups in total. The van der Waals surface area contributed by atoms with Gasteiger partial charge in [-0.15, -0.1) is 0 Å². The maximum Gasteiger partial charge on any atom is 0.187 e. The Labute approximate surface area is 205 Å². The van der Waals surface area contributed by atoms with Crippen molar-refractivity contribution in [2.45, 2.75) is 0 Å². The monoisotopic (exact) mass is 492 g/mol. The van der Waals surface area contributed by atoms with Crippen molar-refractivity contribution in [3.63, 3.8) is 0 Å². The van der Waals surface area contributed by atoms with Gasteiger partial charge < -0.3 is 0 Å². The standard InChI is InChI=1S/C26H15BrN4.Al.3H/c27-17-3-1-16(2-4-17)25-14-24-13-22-8-7-20(29-22)11-18-5-6-19(28-18)12-21-9-10-23(30-21)15-26(25)31-24;;;;/h1-15H;;;;. The molecule has 0 aliphatic carbocycles. The van der Waals surface area contributed by atoms with Gasteiger partial charge in [0, 0.05) is 10.0 Å². The van der Waals surface area contributed by atoms with E-state index < -0.39 is 0 Å². The van der Waals surface area contributed by atoms with Gasteiger partial charge in [0.25, 0.3) is 0 Å². The zero-order chi connectivity index (χ0) is 20.8. The number of rotatable bonds is 1. The van der Waals surface area contributed by atoms with Crippen LogP contribution < -0.4 is 0 Å². The summed E-state index contributed by atoms with van der Waals surface area (Å²) in [6, 6.07) is 8.27. The molecule has 0 saturated carbocycles. The molecule has 152 valence electrons. The van der Waals surface area contributed by atoms with Gasteiger partial charge in [0.05, 0.1) is 45.6 Å². The van der Waals surface area contributed by atoms with E-state index in [4.69, 9.17) is 15.0 Å². The number of allylic oxidation sites excluding steroid dienone is 12. The fraction of sp³-hybridized carbons (Fsp3) is 0. The summed E-state index contributed by atoms with van der Waals surface area (Å²) in [7, 11) is 0. The van der Waals surface area contributed by atoms with Crippen LogP contribution in [0.15, 0.2) is 138 Å². The summed E-state index contributed by atoms with van der Waals surface area (Å²) in [5.74, 6) is 0. The second-order valence-electron chi connectivity index (χ2n) is 7.45. The van der Waals surface area contributed by atoms with Crippen molar-refractivity contribution in [1.82, 2.24) is 0 Å². The van der Waals surface area contributed by atoms with Crippen molar-refractivity contribution >= 4 is 61.7 Å². The fourth-order valence-electron chi connectivity index (χ4n) is 3.76. The van der Waals surface area contributed by atoms with Crippen molar-refractivity contribution in [3.8, 4) is 0 Å². The molecule has 8 bridgehead atoms. The zero-order valence-electron chi connectivity index (χ0n) is 16.3. The van der Waals surface area contributed by atoms with Gasteiger partial charge in [0.15, 0.2) is 17.4 Å². The molecule has 5 aliphatic rings. The molecule has 0 atom stereocenters. The highest BCUT2D eigenvalue weighted by Gasteiger charge is 2.18. The second kappa shape index (κ2) is 8.40. The lowest BCUT2D eigenvalue weighted by molar-refractivity contribution is 1.41. The smallest absolute Gasteiger partial charge is 0.187 e. The van der Waals surface area contributed by atoms with Crippen LogP contribution in [0.25, 0.3) is 5.57 Å². The first kappa shape index (κ1) is 20.7. The first-order valence-corrected chi connectivity index (χ1v) is 10.7. The van der Waals surface area contributed by atoms with Crippen LogP contribution in [0, 0.1) is 0 Å². The van der Waals surface area contributed by atoms with Crippen LogP contribution in [0.5, 0.6) is 0 Å². The van der Waals surface area contributed by atoms with Gasteiger partial charge in [-0.25, -0.2) is 20.0 Å². The Morgan fingerprint density at radius 2 is 1.00 bits per heavy atom. The molecule has 0 fully saturated rings. The number of nitrogens with zero attached hydrogens (tertiary/aromatic N) is 4. The van der Waals surface area contributed by atoms with Crippen molar-refractivity contribution < 1.29 is 0 Å². The maximum atomic E-state index is 4.88. The first-order valence-electron chi connectivity index (χ1n) is 9.92. The van der Waals surface area contributed by atoms with Crippen LogP contribution in [0.4, 0.5) is 0 Å². The van der Waals surface area contributed by atoms with E-state index in [2.05, 4.69) is 39.1 Å². The zero-order valence-corrected chi connectivity index (χ0v) is 17.9. The normalized spacial score (nSPS) is 19.8. The van der Waals surface area contributed by atoms with Gasteiger partial charge >= 0.3 is 0 Å². The third-order valence-electron chi connectivity index (χ3n) is 5.19. The molecule has 1 aromatic carbocycles. The summed E-state index contributed by atoms with van der Waals surface area (Å²) in [5, 5.41) is 0. The minimum Gasteiger partial charge on any atom is -0.249 e. The largest absolute Gasteiger partial charge is 0.249 e. The molecule has 5 aliphatic heterocycles. The summed E-state index contributed by atoms with van der Waals surface area (Å²) in [6.07, 6.45) is 22.1. The number of fused-ring (bicyclic) bond motifs is 4. The van der Waals surface area contributed by atoms with Crippen LogP contribution in [0.1, 0.15) is 5.56 Å². The molecule has 5 heterocycles. The molecule has 0 radical (unpaired) electrons. The predicted octanol–water partition coefficient (Wildman–Crippen LogP) is 4.68. The molecule has 32 heavy (non-hydrogen) atoms. The molecule has 1 aromatic rings. The average molecular weight is 493 g/mol. The average Bonchev–Trinajstić information content (AvgIpc) is 3.54. The Bertz CT molecular complexity index is 1400. The summed E-state index contributed by atoms with van der Waals surface area (Å²) in [5.41, 5.74) is 9.18. The lowest BCUT2D eigenvalue weighted by Crippen LogP contribution is -1.96. The van der Waals surface area contributed by atoms with Crippen LogP contribution >= 0.6 is 15.9 Å². The van der Waals surface area contributed by atoms with Gasteiger partial charge in [-0.1, -0.05) is 28.1 Å². The van der Waals surface area contributed by atoms with E-state index in [1.807, 2.05) is 72.9 Å². The SMILES string of the molecule is Brc1ccc(C2=CC3=CC4=NC(=CC5=NC(=CC6=NC(=CC2=N3)C=C6)C=C5)C=C4)cc1.[AlH3]. The minimum atomic E-state index is 0. The van der Waals surface area contributed by atoms with E-state index in [9.17, 15) is 0 Å². The van der Waals surface area contributed by atoms with Crippen molar-refractivity contribution in [2.24, 2.45) is 20.0 Å².